The van der Waals surface area contributed by atoms with Crippen LogP contribution in [0.25, 0.3) is 0 Å². The molecule has 0 aromatic carbocycles. The highest BCUT2D eigenvalue weighted by molar-refractivity contribution is 5.90. The van der Waals surface area contributed by atoms with E-state index in [1.165, 1.54) is 19.3 Å². The average Bonchev–Trinajstić information content (AvgIpc) is 2.18. The second-order valence-electron chi connectivity index (χ2n) is 4.29. The van der Waals surface area contributed by atoms with Crippen molar-refractivity contribution in [2.24, 2.45) is 5.16 Å². The van der Waals surface area contributed by atoms with E-state index in [0.717, 1.165) is 18.8 Å². The zero-order valence-electron chi connectivity index (χ0n) is 8.88. The highest BCUT2D eigenvalue weighted by Crippen LogP contribution is 2.21. The van der Waals surface area contributed by atoms with Gasteiger partial charge in [0.15, 0.2) is 0 Å². The first kappa shape index (κ1) is 10.5. The van der Waals surface area contributed by atoms with Crippen LogP contribution in [0.5, 0.6) is 0 Å². The van der Waals surface area contributed by atoms with Gasteiger partial charge in [0, 0.05) is 0 Å². The van der Waals surface area contributed by atoms with Crippen molar-refractivity contribution in [3.63, 3.8) is 0 Å². The van der Waals surface area contributed by atoms with Gasteiger partial charge in [0.05, 0.1) is 11.3 Å². The van der Waals surface area contributed by atoms with E-state index in [1.807, 2.05) is 6.92 Å². The van der Waals surface area contributed by atoms with Crippen molar-refractivity contribution < 1.29 is 5.21 Å². The summed E-state index contributed by atoms with van der Waals surface area (Å²) in [6.45, 7) is 8.37. The van der Waals surface area contributed by atoms with Crippen LogP contribution in [0.3, 0.4) is 0 Å². The fraction of sp³-hybridized carbons (Fsp3) is 0.900. The molecule has 0 aliphatic carbocycles. The molecule has 0 spiro atoms. The number of hydrogen-bond donors (Lipinski definition) is 1. The smallest absolute Gasteiger partial charge is 0.0736 e. The molecule has 0 amide bonds. The fourth-order valence-electron chi connectivity index (χ4n) is 1.80. The molecule has 1 aliphatic heterocycles. The van der Waals surface area contributed by atoms with Crippen LogP contribution >= 0.6 is 0 Å². The lowest BCUT2D eigenvalue weighted by Gasteiger charge is -2.40. The Morgan fingerprint density at radius 2 is 1.77 bits per heavy atom. The predicted octanol–water partition coefficient (Wildman–Crippen LogP) is 2.10. The van der Waals surface area contributed by atoms with Crippen LogP contribution in [0.15, 0.2) is 5.16 Å². The highest BCUT2D eigenvalue weighted by Gasteiger charge is 2.30. The summed E-state index contributed by atoms with van der Waals surface area (Å²) in [6.07, 6.45) is 3.87. The first-order valence-electron chi connectivity index (χ1n) is 5.03. The van der Waals surface area contributed by atoms with Crippen molar-refractivity contribution in [1.29, 1.82) is 0 Å². The van der Waals surface area contributed by atoms with Crippen molar-refractivity contribution in [3.8, 4) is 0 Å². The Balaban J connectivity index is 2.66. The Morgan fingerprint density at radius 1 is 1.23 bits per heavy atom. The average molecular weight is 184 g/mol. The van der Waals surface area contributed by atoms with Crippen molar-refractivity contribution in [2.45, 2.75) is 45.6 Å². The summed E-state index contributed by atoms with van der Waals surface area (Å²) in [5.74, 6) is 0. The lowest BCUT2D eigenvalue weighted by atomic mass is 9.94. The fourth-order valence-corrected chi connectivity index (χ4v) is 1.80. The van der Waals surface area contributed by atoms with E-state index < -0.39 is 0 Å². The Labute approximate surface area is 80.4 Å². The summed E-state index contributed by atoms with van der Waals surface area (Å²) < 4.78 is 0. The Morgan fingerprint density at radius 3 is 2.23 bits per heavy atom. The minimum Gasteiger partial charge on any atom is -0.411 e. The van der Waals surface area contributed by atoms with E-state index in [-0.39, 0.29) is 5.54 Å². The molecular formula is C10H20N2O. The lowest BCUT2D eigenvalue weighted by molar-refractivity contribution is 0.142. The molecule has 3 nitrogen and oxygen atoms in total. The number of likely N-dealkylation sites (tertiary alicyclic amines) is 1. The van der Waals surface area contributed by atoms with E-state index in [9.17, 15) is 0 Å². The zero-order chi connectivity index (χ0) is 9.90. The molecule has 13 heavy (non-hydrogen) atoms. The summed E-state index contributed by atoms with van der Waals surface area (Å²) in [5, 5.41) is 12.1. The van der Waals surface area contributed by atoms with E-state index >= 15 is 0 Å². The topological polar surface area (TPSA) is 35.8 Å². The van der Waals surface area contributed by atoms with E-state index in [4.69, 9.17) is 5.21 Å². The number of oxime groups is 1. The van der Waals surface area contributed by atoms with E-state index in [1.54, 1.807) is 0 Å². The lowest BCUT2D eigenvalue weighted by Crippen LogP contribution is -2.51. The Bertz CT molecular complexity index is 193. The molecule has 1 saturated heterocycles. The van der Waals surface area contributed by atoms with Crippen molar-refractivity contribution in [1.82, 2.24) is 4.90 Å². The molecule has 1 N–H and O–H groups in total. The standard InChI is InChI=1S/C10H20N2O/c1-9(11-13)10(2,3)12-7-5-4-6-8-12/h13H,4-8H2,1-3H3/b11-9+. The molecule has 1 heterocycles. The first-order valence-corrected chi connectivity index (χ1v) is 5.03. The Hall–Kier alpha value is -0.570. The normalized spacial score (nSPS) is 21.9. The van der Waals surface area contributed by atoms with Gasteiger partial charge >= 0.3 is 0 Å². The van der Waals surface area contributed by atoms with Gasteiger partial charge in [-0.25, -0.2) is 0 Å². The molecule has 1 rings (SSSR count). The number of nitrogens with zero attached hydrogens (tertiary/aromatic N) is 2. The molecule has 76 valence electrons. The molecule has 3 heteroatoms. The minimum atomic E-state index is -0.0881. The van der Waals surface area contributed by atoms with E-state index in [0.29, 0.717) is 0 Å². The molecule has 0 atom stereocenters. The predicted molar refractivity (Wildman–Crippen MR) is 54.4 cm³/mol. The van der Waals surface area contributed by atoms with Gasteiger partial charge in [-0.1, -0.05) is 11.6 Å². The zero-order valence-corrected chi connectivity index (χ0v) is 8.88. The van der Waals surface area contributed by atoms with Gasteiger partial charge in [0.2, 0.25) is 0 Å². The van der Waals surface area contributed by atoms with Crippen LogP contribution in [0.2, 0.25) is 0 Å². The van der Waals surface area contributed by atoms with Crippen LogP contribution in [-0.2, 0) is 0 Å². The number of rotatable bonds is 2. The molecule has 1 fully saturated rings. The first-order chi connectivity index (χ1) is 6.09. The third kappa shape index (κ3) is 2.21. The van der Waals surface area contributed by atoms with Gasteiger partial charge in [0.25, 0.3) is 0 Å². The third-order valence-electron chi connectivity index (χ3n) is 3.18. The quantitative estimate of drug-likeness (QED) is 0.405. The van der Waals surface area contributed by atoms with E-state index in [2.05, 4.69) is 23.9 Å². The molecule has 0 saturated carbocycles. The van der Waals surface area contributed by atoms with Gasteiger partial charge in [-0.3, -0.25) is 4.90 Å². The maximum atomic E-state index is 8.76. The van der Waals surface area contributed by atoms with Crippen LogP contribution in [-0.4, -0.2) is 34.4 Å². The summed E-state index contributed by atoms with van der Waals surface area (Å²) >= 11 is 0. The molecule has 0 aromatic rings. The van der Waals surface area contributed by atoms with Crippen LogP contribution in [0, 0.1) is 0 Å². The second kappa shape index (κ2) is 4.09. The molecule has 0 aromatic heterocycles. The van der Waals surface area contributed by atoms with Crippen molar-refractivity contribution >= 4 is 5.71 Å². The summed E-state index contributed by atoms with van der Waals surface area (Å²) in [4.78, 5) is 2.39. The van der Waals surface area contributed by atoms with Crippen molar-refractivity contribution in [2.75, 3.05) is 13.1 Å². The summed E-state index contributed by atoms with van der Waals surface area (Å²) in [7, 11) is 0. The third-order valence-corrected chi connectivity index (χ3v) is 3.18. The maximum Gasteiger partial charge on any atom is 0.0736 e. The molecular weight excluding hydrogens is 164 g/mol. The van der Waals surface area contributed by atoms with Gasteiger partial charge in [0.1, 0.15) is 0 Å². The van der Waals surface area contributed by atoms with Crippen LogP contribution in [0.4, 0.5) is 0 Å². The highest BCUT2D eigenvalue weighted by atomic mass is 16.4. The summed E-state index contributed by atoms with van der Waals surface area (Å²) in [5.41, 5.74) is 0.712. The minimum absolute atomic E-state index is 0.0881. The summed E-state index contributed by atoms with van der Waals surface area (Å²) in [6, 6.07) is 0. The molecule has 1 aliphatic rings. The Kier molecular flexibility index (Phi) is 3.31. The van der Waals surface area contributed by atoms with Crippen LogP contribution < -0.4 is 0 Å². The maximum absolute atomic E-state index is 8.76. The van der Waals surface area contributed by atoms with Crippen molar-refractivity contribution in [3.05, 3.63) is 0 Å². The number of piperidine rings is 1. The largest absolute Gasteiger partial charge is 0.411 e. The van der Waals surface area contributed by atoms with Gasteiger partial charge < -0.3 is 5.21 Å². The monoisotopic (exact) mass is 184 g/mol. The number of hydrogen-bond acceptors (Lipinski definition) is 3. The molecule has 0 unspecified atom stereocenters. The van der Waals surface area contributed by atoms with Crippen LogP contribution in [0.1, 0.15) is 40.0 Å². The molecule has 0 bridgehead atoms. The SMILES string of the molecule is C/C(=N\O)C(C)(C)N1CCCCC1. The molecule has 0 radical (unpaired) electrons. The van der Waals surface area contributed by atoms with Gasteiger partial charge in [-0.2, -0.15) is 0 Å². The second-order valence-corrected chi connectivity index (χ2v) is 4.29. The van der Waals surface area contributed by atoms with Gasteiger partial charge in [-0.05, 0) is 46.7 Å². The van der Waals surface area contributed by atoms with Gasteiger partial charge in [-0.15, -0.1) is 0 Å².